The standard InChI is InChI=1S/C18H24O5/c1-2-21-17(20)12-22-13-6-7-16-14(10-13)15(19)11-18(23-16)8-4-3-5-9-18/h6-7,10,15,19H,2-5,8-9,11-12H2,1H3. The van der Waals surface area contributed by atoms with Crippen LogP contribution in [0.5, 0.6) is 11.5 Å². The molecule has 1 heterocycles. The molecule has 0 bridgehead atoms. The van der Waals surface area contributed by atoms with Crippen LogP contribution in [0.2, 0.25) is 0 Å². The zero-order chi connectivity index (χ0) is 16.3. The average Bonchev–Trinajstić information content (AvgIpc) is 2.54. The molecule has 1 saturated carbocycles. The van der Waals surface area contributed by atoms with Gasteiger partial charge >= 0.3 is 5.97 Å². The predicted octanol–water partition coefficient (Wildman–Crippen LogP) is 3.15. The van der Waals surface area contributed by atoms with Gasteiger partial charge in [0.1, 0.15) is 17.1 Å². The number of rotatable bonds is 4. The third-order valence-corrected chi connectivity index (χ3v) is 4.66. The minimum Gasteiger partial charge on any atom is -0.487 e. The van der Waals surface area contributed by atoms with Crippen molar-refractivity contribution in [3.8, 4) is 11.5 Å². The number of hydrogen-bond donors (Lipinski definition) is 1. The molecule has 126 valence electrons. The Morgan fingerprint density at radius 2 is 2.13 bits per heavy atom. The number of ether oxygens (including phenoxy) is 3. The molecule has 1 spiro atoms. The van der Waals surface area contributed by atoms with Crippen molar-refractivity contribution >= 4 is 5.97 Å². The molecule has 0 radical (unpaired) electrons. The first-order valence-corrected chi connectivity index (χ1v) is 8.41. The SMILES string of the molecule is CCOC(=O)COc1ccc2c(c1)C(O)CC1(CCCCC1)O2. The fraction of sp³-hybridized carbons (Fsp3) is 0.611. The maximum absolute atomic E-state index is 11.4. The number of aliphatic hydroxyl groups is 1. The van der Waals surface area contributed by atoms with Gasteiger partial charge in [-0.3, -0.25) is 0 Å². The van der Waals surface area contributed by atoms with E-state index in [-0.39, 0.29) is 12.2 Å². The molecular weight excluding hydrogens is 296 g/mol. The third-order valence-electron chi connectivity index (χ3n) is 4.66. The van der Waals surface area contributed by atoms with Crippen LogP contribution in [-0.4, -0.2) is 29.9 Å². The Morgan fingerprint density at radius 1 is 1.35 bits per heavy atom. The lowest BCUT2D eigenvalue weighted by atomic mass is 9.78. The van der Waals surface area contributed by atoms with Gasteiger partial charge in [-0.25, -0.2) is 4.79 Å². The lowest BCUT2D eigenvalue weighted by Gasteiger charge is -2.43. The topological polar surface area (TPSA) is 65.0 Å². The van der Waals surface area contributed by atoms with Gasteiger partial charge in [0.15, 0.2) is 6.61 Å². The third kappa shape index (κ3) is 3.61. The van der Waals surface area contributed by atoms with Crippen LogP contribution in [0, 0.1) is 0 Å². The van der Waals surface area contributed by atoms with E-state index in [1.807, 2.05) is 6.07 Å². The summed E-state index contributed by atoms with van der Waals surface area (Å²) in [5.41, 5.74) is 0.528. The highest BCUT2D eigenvalue weighted by Gasteiger charge is 2.41. The van der Waals surface area contributed by atoms with E-state index in [0.717, 1.165) is 37.0 Å². The summed E-state index contributed by atoms with van der Waals surface area (Å²) in [6.07, 6.45) is 5.64. The first-order valence-electron chi connectivity index (χ1n) is 8.41. The molecule has 2 aliphatic rings. The predicted molar refractivity (Wildman–Crippen MR) is 84.6 cm³/mol. The molecular formula is C18H24O5. The highest BCUT2D eigenvalue weighted by atomic mass is 16.6. The summed E-state index contributed by atoms with van der Waals surface area (Å²) in [5.74, 6) is 0.872. The molecule has 1 unspecified atom stereocenters. The van der Waals surface area contributed by atoms with E-state index >= 15 is 0 Å². The van der Waals surface area contributed by atoms with E-state index in [1.54, 1.807) is 19.1 Å². The van der Waals surface area contributed by atoms with E-state index in [4.69, 9.17) is 14.2 Å². The van der Waals surface area contributed by atoms with Crippen molar-refractivity contribution in [2.24, 2.45) is 0 Å². The maximum atomic E-state index is 11.4. The number of hydrogen-bond acceptors (Lipinski definition) is 5. The van der Waals surface area contributed by atoms with Gasteiger partial charge in [-0.15, -0.1) is 0 Å². The van der Waals surface area contributed by atoms with Crippen LogP contribution in [-0.2, 0) is 9.53 Å². The second kappa shape index (κ2) is 6.79. The molecule has 0 aromatic heterocycles. The Bertz CT molecular complexity index is 563. The molecule has 23 heavy (non-hydrogen) atoms. The van der Waals surface area contributed by atoms with Gasteiger partial charge < -0.3 is 19.3 Å². The fourth-order valence-corrected chi connectivity index (χ4v) is 3.55. The van der Waals surface area contributed by atoms with Crippen LogP contribution in [0.4, 0.5) is 0 Å². The molecule has 5 heteroatoms. The minimum atomic E-state index is -0.553. The summed E-state index contributed by atoms with van der Waals surface area (Å²) in [6.45, 7) is 1.96. The Hall–Kier alpha value is -1.75. The molecule has 5 nitrogen and oxygen atoms in total. The van der Waals surface area contributed by atoms with Crippen molar-refractivity contribution in [2.75, 3.05) is 13.2 Å². The lowest BCUT2D eigenvalue weighted by molar-refractivity contribution is -0.145. The number of fused-ring (bicyclic) bond motifs is 1. The molecule has 1 aromatic rings. The molecule has 0 amide bonds. The number of carbonyl (C=O) groups is 1. The zero-order valence-corrected chi connectivity index (χ0v) is 13.5. The summed E-state index contributed by atoms with van der Waals surface area (Å²) >= 11 is 0. The first-order chi connectivity index (χ1) is 11.1. The molecule has 0 saturated heterocycles. The zero-order valence-electron chi connectivity index (χ0n) is 13.5. The summed E-state index contributed by atoms with van der Waals surface area (Å²) < 4.78 is 16.5. The van der Waals surface area contributed by atoms with Gasteiger partial charge in [-0.1, -0.05) is 6.42 Å². The monoisotopic (exact) mass is 320 g/mol. The minimum absolute atomic E-state index is 0.131. The Labute approximate surface area is 136 Å². The van der Waals surface area contributed by atoms with Crippen LogP contribution < -0.4 is 9.47 Å². The summed E-state index contributed by atoms with van der Waals surface area (Å²) in [5, 5.41) is 10.5. The van der Waals surface area contributed by atoms with Crippen molar-refractivity contribution in [3.63, 3.8) is 0 Å². The van der Waals surface area contributed by atoms with Gasteiger partial charge in [0.2, 0.25) is 0 Å². The van der Waals surface area contributed by atoms with Crippen LogP contribution in [0.25, 0.3) is 0 Å². The van der Waals surface area contributed by atoms with Crippen LogP contribution >= 0.6 is 0 Å². The van der Waals surface area contributed by atoms with E-state index in [0.29, 0.717) is 18.8 Å². The number of benzene rings is 1. The number of aliphatic hydroxyl groups excluding tert-OH is 1. The van der Waals surface area contributed by atoms with Crippen molar-refractivity contribution in [3.05, 3.63) is 23.8 Å². The second-order valence-electron chi connectivity index (χ2n) is 6.36. The largest absolute Gasteiger partial charge is 0.487 e. The molecule has 1 atom stereocenters. The van der Waals surface area contributed by atoms with Gasteiger partial charge in [-0.2, -0.15) is 0 Å². The summed E-state index contributed by atoms with van der Waals surface area (Å²) in [6, 6.07) is 5.36. The molecule has 1 aromatic carbocycles. The fourth-order valence-electron chi connectivity index (χ4n) is 3.55. The maximum Gasteiger partial charge on any atom is 0.344 e. The molecule has 1 N–H and O–H groups in total. The lowest BCUT2D eigenvalue weighted by Crippen LogP contribution is -2.42. The van der Waals surface area contributed by atoms with Gasteiger partial charge in [0.25, 0.3) is 0 Å². The quantitative estimate of drug-likeness (QED) is 0.863. The Balaban J connectivity index is 1.71. The summed E-state index contributed by atoms with van der Waals surface area (Å²) in [7, 11) is 0. The van der Waals surface area contributed by atoms with Gasteiger partial charge in [-0.05, 0) is 50.8 Å². The highest BCUT2D eigenvalue weighted by molar-refractivity contribution is 5.71. The first kappa shape index (κ1) is 16.1. The van der Waals surface area contributed by atoms with E-state index < -0.39 is 12.1 Å². The van der Waals surface area contributed by atoms with Crippen molar-refractivity contribution < 1.29 is 24.1 Å². The van der Waals surface area contributed by atoms with E-state index in [1.165, 1.54) is 6.42 Å². The summed E-state index contributed by atoms with van der Waals surface area (Å²) in [4.78, 5) is 11.4. The normalized spacial score (nSPS) is 22.1. The molecule has 1 aliphatic heterocycles. The van der Waals surface area contributed by atoms with Gasteiger partial charge in [0.05, 0.1) is 12.7 Å². The van der Waals surface area contributed by atoms with E-state index in [2.05, 4.69) is 0 Å². The Morgan fingerprint density at radius 3 is 2.87 bits per heavy atom. The number of carbonyl (C=O) groups excluding carboxylic acids is 1. The highest BCUT2D eigenvalue weighted by Crippen LogP contribution is 2.46. The van der Waals surface area contributed by atoms with Crippen molar-refractivity contribution in [1.29, 1.82) is 0 Å². The molecule has 1 aliphatic carbocycles. The smallest absolute Gasteiger partial charge is 0.344 e. The van der Waals surface area contributed by atoms with Crippen LogP contribution in [0.15, 0.2) is 18.2 Å². The Kier molecular flexibility index (Phi) is 4.76. The molecule has 1 fully saturated rings. The second-order valence-corrected chi connectivity index (χ2v) is 6.36. The molecule has 3 rings (SSSR count). The van der Waals surface area contributed by atoms with Crippen LogP contribution in [0.1, 0.15) is 57.1 Å². The van der Waals surface area contributed by atoms with Crippen molar-refractivity contribution in [1.82, 2.24) is 0 Å². The van der Waals surface area contributed by atoms with Gasteiger partial charge in [0, 0.05) is 12.0 Å². The van der Waals surface area contributed by atoms with E-state index in [9.17, 15) is 9.90 Å². The average molecular weight is 320 g/mol. The van der Waals surface area contributed by atoms with Crippen molar-refractivity contribution in [2.45, 2.75) is 57.2 Å². The number of esters is 1. The van der Waals surface area contributed by atoms with Crippen LogP contribution in [0.3, 0.4) is 0 Å².